The number of likely N-dealkylation sites (tertiary alicyclic amines) is 1. The summed E-state index contributed by atoms with van der Waals surface area (Å²) in [6.45, 7) is 8.08. The number of rotatable bonds is 3. The van der Waals surface area contributed by atoms with E-state index in [0.29, 0.717) is 26.1 Å². The van der Waals surface area contributed by atoms with Crippen molar-refractivity contribution in [1.29, 1.82) is 0 Å². The van der Waals surface area contributed by atoms with Crippen molar-refractivity contribution in [3.63, 3.8) is 0 Å². The molecule has 1 aromatic carbocycles. The van der Waals surface area contributed by atoms with Crippen molar-refractivity contribution < 1.29 is 9.53 Å². The predicted molar refractivity (Wildman–Crippen MR) is 106 cm³/mol. The third-order valence-electron chi connectivity index (χ3n) is 5.53. The summed E-state index contributed by atoms with van der Waals surface area (Å²) >= 11 is 0. The third-order valence-corrected chi connectivity index (χ3v) is 5.53. The van der Waals surface area contributed by atoms with Crippen molar-refractivity contribution in [2.75, 3.05) is 13.1 Å². The van der Waals surface area contributed by atoms with Gasteiger partial charge in [-0.25, -0.2) is 4.68 Å². The van der Waals surface area contributed by atoms with Crippen molar-refractivity contribution in [1.82, 2.24) is 14.7 Å². The average Bonchev–Trinajstić information content (AvgIpc) is 2.63. The van der Waals surface area contributed by atoms with Crippen LogP contribution < -0.4 is 10.3 Å². The molecule has 1 fully saturated rings. The van der Waals surface area contributed by atoms with Crippen LogP contribution in [-0.2, 0) is 23.2 Å². The number of para-hydroxylation sites is 1. The second kappa shape index (κ2) is 7.08. The second-order valence-corrected chi connectivity index (χ2v) is 8.85. The van der Waals surface area contributed by atoms with Crippen LogP contribution in [0, 0.1) is 5.92 Å². The fourth-order valence-electron chi connectivity index (χ4n) is 3.79. The van der Waals surface area contributed by atoms with Gasteiger partial charge >= 0.3 is 0 Å². The molecule has 6 nitrogen and oxygen atoms in total. The van der Waals surface area contributed by atoms with Crippen molar-refractivity contribution in [2.24, 2.45) is 5.92 Å². The van der Waals surface area contributed by atoms with Crippen LogP contribution in [-0.4, -0.2) is 39.8 Å². The lowest BCUT2D eigenvalue weighted by atomic mass is 9.92. The number of benzene rings is 1. The maximum Gasteiger partial charge on any atom is 0.266 e. The quantitative estimate of drug-likeness (QED) is 0.819. The molecule has 1 unspecified atom stereocenters. The largest absolute Gasteiger partial charge is 0.480 e. The van der Waals surface area contributed by atoms with Crippen molar-refractivity contribution in [3.05, 3.63) is 58.0 Å². The summed E-state index contributed by atoms with van der Waals surface area (Å²) in [6, 6.07) is 11.3. The highest BCUT2D eigenvalue weighted by atomic mass is 16.5. The van der Waals surface area contributed by atoms with Crippen LogP contribution in [0.4, 0.5) is 0 Å². The van der Waals surface area contributed by atoms with E-state index in [1.54, 1.807) is 16.8 Å². The molecule has 0 bridgehead atoms. The van der Waals surface area contributed by atoms with E-state index < -0.39 is 6.10 Å². The molecular weight excluding hydrogens is 354 g/mol. The molecule has 0 aliphatic carbocycles. The van der Waals surface area contributed by atoms with Crippen LogP contribution in [0.15, 0.2) is 41.2 Å². The van der Waals surface area contributed by atoms with E-state index in [9.17, 15) is 9.59 Å². The van der Waals surface area contributed by atoms with Crippen LogP contribution >= 0.6 is 0 Å². The van der Waals surface area contributed by atoms with Gasteiger partial charge in [-0.1, -0.05) is 39.0 Å². The Morgan fingerprint density at radius 1 is 1.18 bits per heavy atom. The Balaban J connectivity index is 1.35. The highest BCUT2D eigenvalue weighted by Gasteiger charge is 2.37. The molecule has 28 heavy (non-hydrogen) atoms. The fraction of sp³-hybridized carbons (Fsp3) is 0.500. The zero-order chi connectivity index (χ0) is 19.9. The summed E-state index contributed by atoms with van der Waals surface area (Å²) in [5.74, 6) is 1.12. The second-order valence-electron chi connectivity index (χ2n) is 8.85. The van der Waals surface area contributed by atoms with Crippen LogP contribution in [0.1, 0.15) is 38.4 Å². The Labute approximate surface area is 165 Å². The number of hydrogen-bond donors (Lipinski definition) is 0. The van der Waals surface area contributed by atoms with Gasteiger partial charge in [0.15, 0.2) is 6.10 Å². The molecule has 3 heterocycles. The van der Waals surface area contributed by atoms with Crippen LogP contribution in [0.3, 0.4) is 0 Å². The molecule has 148 valence electrons. The minimum absolute atomic E-state index is 0.0505. The summed E-state index contributed by atoms with van der Waals surface area (Å²) in [6.07, 6.45) is 1.18. The third kappa shape index (κ3) is 3.68. The first kappa shape index (κ1) is 18.7. The van der Waals surface area contributed by atoms with Crippen LogP contribution in [0.5, 0.6) is 5.75 Å². The number of hydrogen-bond acceptors (Lipinski definition) is 4. The van der Waals surface area contributed by atoms with E-state index in [-0.39, 0.29) is 22.8 Å². The number of fused-ring (bicyclic) bond motifs is 1. The van der Waals surface area contributed by atoms with Gasteiger partial charge in [0.2, 0.25) is 0 Å². The van der Waals surface area contributed by atoms with E-state index in [1.807, 2.05) is 29.2 Å². The lowest BCUT2D eigenvalue weighted by Crippen LogP contribution is -2.56. The maximum absolute atomic E-state index is 12.8. The molecule has 0 radical (unpaired) electrons. The summed E-state index contributed by atoms with van der Waals surface area (Å²) in [4.78, 5) is 26.7. The summed E-state index contributed by atoms with van der Waals surface area (Å²) in [7, 11) is 0. The molecule has 2 aliphatic heterocycles. The van der Waals surface area contributed by atoms with E-state index in [2.05, 4.69) is 25.9 Å². The Morgan fingerprint density at radius 3 is 2.68 bits per heavy atom. The molecule has 6 heteroatoms. The first-order valence-corrected chi connectivity index (χ1v) is 9.93. The molecule has 2 aromatic rings. The molecule has 0 saturated carbocycles. The zero-order valence-corrected chi connectivity index (χ0v) is 16.7. The highest BCUT2D eigenvalue weighted by Crippen LogP contribution is 2.29. The standard InChI is InChI=1S/C22H27N3O3/c1-22(2,3)19-10-11-20(26)25(23-19)14-15-12-24(13-15)21(27)18-9-8-16-6-4-5-7-17(16)28-18/h4-7,10-11,15,18H,8-9,12-14H2,1-3H3. The number of carbonyl (C=O) groups is 1. The van der Waals surface area contributed by atoms with E-state index in [1.165, 1.54) is 0 Å². The minimum Gasteiger partial charge on any atom is -0.480 e. The monoisotopic (exact) mass is 381 g/mol. The van der Waals surface area contributed by atoms with Gasteiger partial charge in [-0.2, -0.15) is 5.10 Å². The van der Waals surface area contributed by atoms with Gasteiger partial charge in [0.25, 0.3) is 11.5 Å². The van der Waals surface area contributed by atoms with Gasteiger partial charge < -0.3 is 9.64 Å². The molecule has 2 aliphatic rings. The molecule has 1 atom stereocenters. The number of aryl methyl sites for hydroxylation is 1. The summed E-state index contributed by atoms with van der Waals surface area (Å²) in [5.41, 5.74) is 1.86. The lowest BCUT2D eigenvalue weighted by molar-refractivity contribution is -0.146. The SMILES string of the molecule is CC(C)(C)c1ccc(=O)n(CC2CN(C(=O)C3CCc4ccccc4O3)C2)n1. The van der Waals surface area contributed by atoms with E-state index >= 15 is 0 Å². The molecule has 1 saturated heterocycles. The van der Waals surface area contributed by atoms with Gasteiger partial charge in [0.05, 0.1) is 12.2 Å². The maximum atomic E-state index is 12.8. The van der Waals surface area contributed by atoms with E-state index in [4.69, 9.17) is 4.74 Å². The normalized spacial score (nSPS) is 19.5. The van der Waals surface area contributed by atoms with Crippen molar-refractivity contribution >= 4 is 5.91 Å². The van der Waals surface area contributed by atoms with Gasteiger partial charge in [0.1, 0.15) is 5.75 Å². The van der Waals surface area contributed by atoms with Crippen molar-refractivity contribution in [3.8, 4) is 5.75 Å². The van der Waals surface area contributed by atoms with Gasteiger partial charge in [-0.3, -0.25) is 9.59 Å². The number of amides is 1. The molecule has 0 N–H and O–H groups in total. The first-order chi connectivity index (χ1) is 13.3. The highest BCUT2D eigenvalue weighted by molar-refractivity contribution is 5.82. The summed E-state index contributed by atoms with van der Waals surface area (Å²) in [5, 5.41) is 4.53. The molecule has 1 amide bonds. The number of aromatic nitrogens is 2. The van der Waals surface area contributed by atoms with Gasteiger partial charge in [-0.15, -0.1) is 0 Å². The Morgan fingerprint density at radius 2 is 1.93 bits per heavy atom. The molecular formula is C22H27N3O3. The molecule has 0 spiro atoms. The Kier molecular flexibility index (Phi) is 4.73. The Hall–Kier alpha value is -2.63. The van der Waals surface area contributed by atoms with E-state index in [0.717, 1.165) is 23.4 Å². The predicted octanol–water partition coefficient (Wildman–Crippen LogP) is 2.39. The van der Waals surface area contributed by atoms with Crippen LogP contribution in [0.2, 0.25) is 0 Å². The smallest absolute Gasteiger partial charge is 0.266 e. The number of nitrogens with zero attached hydrogens (tertiary/aromatic N) is 3. The van der Waals surface area contributed by atoms with Gasteiger partial charge in [-0.05, 0) is 30.5 Å². The molecule has 1 aromatic heterocycles. The number of ether oxygens (including phenoxy) is 1. The zero-order valence-electron chi connectivity index (χ0n) is 16.7. The topological polar surface area (TPSA) is 64.4 Å². The summed E-state index contributed by atoms with van der Waals surface area (Å²) < 4.78 is 7.46. The lowest BCUT2D eigenvalue weighted by Gasteiger charge is -2.41. The fourth-order valence-corrected chi connectivity index (χ4v) is 3.79. The average molecular weight is 381 g/mol. The molecule has 4 rings (SSSR count). The minimum atomic E-state index is -0.402. The van der Waals surface area contributed by atoms with Crippen molar-refractivity contribution in [2.45, 2.75) is 51.7 Å². The first-order valence-electron chi connectivity index (χ1n) is 9.93. The van der Waals surface area contributed by atoms with Crippen LogP contribution in [0.25, 0.3) is 0 Å². The Bertz CT molecular complexity index is 939. The number of carbonyl (C=O) groups excluding carboxylic acids is 1. The van der Waals surface area contributed by atoms with Gasteiger partial charge in [0, 0.05) is 30.5 Å².